The van der Waals surface area contributed by atoms with E-state index in [9.17, 15) is 8.96 Å². The Balaban J connectivity index is 2.73. The van der Waals surface area contributed by atoms with Crippen molar-refractivity contribution in [1.82, 2.24) is 0 Å². The molecule has 56 valence electrons. The second-order valence-corrected chi connectivity index (χ2v) is 6.16. The third kappa shape index (κ3) is 1.25. The highest BCUT2D eigenvalue weighted by molar-refractivity contribution is 7.64. The van der Waals surface area contributed by atoms with E-state index in [-0.39, 0.29) is 5.92 Å². The Hall–Kier alpha value is -0.280. The van der Waals surface area contributed by atoms with Gasteiger partial charge in [-0.2, -0.15) is 0 Å². The van der Waals surface area contributed by atoms with Crippen LogP contribution in [-0.4, -0.2) is 18.7 Å². The van der Waals surface area contributed by atoms with Crippen molar-refractivity contribution in [3.05, 3.63) is 0 Å². The molecule has 1 nitrogen and oxygen atoms in total. The maximum atomic E-state index is 12.8. The molecule has 1 rings (SSSR count). The molecule has 0 aromatic heterocycles. The largest absolute Gasteiger partial charge is 0.321 e. The van der Waals surface area contributed by atoms with Gasteiger partial charge in [-0.1, -0.05) is 0 Å². The second kappa shape index (κ2) is 2.40. The highest BCUT2D eigenvalue weighted by atomic mass is 31.2. The highest BCUT2D eigenvalue weighted by Crippen LogP contribution is 2.57. The van der Waals surface area contributed by atoms with Crippen molar-refractivity contribution in [1.29, 1.82) is 0 Å². The van der Waals surface area contributed by atoms with Gasteiger partial charge in [0, 0.05) is 12.1 Å². The fourth-order valence-corrected chi connectivity index (χ4v) is 3.26. The van der Waals surface area contributed by atoms with Crippen molar-refractivity contribution in [2.24, 2.45) is 5.92 Å². The van der Waals surface area contributed by atoms with Gasteiger partial charge in [0.2, 0.25) is 0 Å². The van der Waals surface area contributed by atoms with Crippen LogP contribution < -0.4 is 0 Å². The van der Waals surface area contributed by atoms with Crippen LogP contribution in [-0.2, 0) is 4.57 Å². The van der Waals surface area contributed by atoms with Gasteiger partial charge in [0.15, 0.2) is 5.91 Å². The first-order valence-corrected chi connectivity index (χ1v) is 5.63. The maximum Gasteiger partial charge on any atom is 0.154 e. The Morgan fingerprint density at radius 3 is 2.60 bits per heavy atom. The van der Waals surface area contributed by atoms with Crippen molar-refractivity contribution >= 4 is 7.14 Å². The summed E-state index contributed by atoms with van der Waals surface area (Å²) in [7, 11) is -2.52. The molecule has 1 saturated heterocycles. The molecule has 3 heteroatoms. The zero-order chi connectivity index (χ0) is 7.78. The van der Waals surface area contributed by atoms with Crippen molar-refractivity contribution in [3.63, 3.8) is 0 Å². The summed E-state index contributed by atoms with van der Waals surface area (Å²) in [5.74, 6) is 1.20. The van der Waals surface area contributed by atoms with Gasteiger partial charge in [0.1, 0.15) is 7.14 Å². The molecule has 0 aliphatic carbocycles. The molecule has 3 atom stereocenters. The van der Waals surface area contributed by atoms with Gasteiger partial charge in [-0.25, -0.2) is 4.39 Å². The molecule has 0 bridgehead atoms. The average Bonchev–Trinajstić information content (AvgIpc) is 2.08. The minimum absolute atomic E-state index is 0.0918. The van der Waals surface area contributed by atoms with Crippen LogP contribution in [0.15, 0.2) is 0 Å². The van der Waals surface area contributed by atoms with E-state index in [1.807, 2.05) is 0 Å². The fraction of sp³-hybridized carbons (Fsp3) is 0.714. The van der Waals surface area contributed by atoms with E-state index >= 15 is 0 Å². The quantitative estimate of drug-likeness (QED) is 0.391. The summed E-state index contributed by atoms with van der Waals surface area (Å²) in [6, 6.07) is 0. The van der Waals surface area contributed by atoms with Gasteiger partial charge >= 0.3 is 0 Å². The second-order valence-electron chi connectivity index (χ2n) is 2.89. The molecule has 1 heterocycles. The lowest BCUT2D eigenvalue weighted by Crippen LogP contribution is -1.92. The summed E-state index contributed by atoms with van der Waals surface area (Å²) in [6.45, 7) is 1.50. The minimum atomic E-state index is -2.52. The molecular weight excluding hydrogens is 150 g/mol. The van der Waals surface area contributed by atoms with E-state index < -0.39 is 13.1 Å². The predicted molar refractivity (Wildman–Crippen MR) is 40.2 cm³/mol. The molecule has 0 amide bonds. The molecular formula is C7H10FOP. The average molecular weight is 160 g/mol. The molecule has 0 N–H and O–H groups in total. The molecule has 3 unspecified atom stereocenters. The molecule has 10 heavy (non-hydrogen) atoms. The van der Waals surface area contributed by atoms with Crippen LogP contribution in [0.25, 0.3) is 0 Å². The lowest BCUT2D eigenvalue weighted by atomic mass is 10.1. The number of hydrogen-bond donors (Lipinski definition) is 0. The molecule has 0 saturated carbocycles. The van der Waals surface area contributed by atoms with Gasteiger partial charge in [-0.05, 0) is 13.1 Å². The lowest BCUT2D eigenvalue weighted by Gasteiger charge is -2.04. The Kier molecular flexibility index (Phi) is 1.88. The van der Waals surface area contributed by atoms with Gasteiger partial charge < -0.3 is 4.57 Å². The Bertz CT molecular complexity index is 218. The van der Waals surface area contributed by atoms with Crippen molar-refractivity contribution < 1.29 is 8.96 Å². The molecule has 1 aliphatic rings. The van der Waals surface area contributed by atoms with Crippen LogP contribution in [0.1, 0.15) is 6.42 Å². The van der Waals surface area contributed by atoms with E-state index in [2.05, 4.69) is 5.92 Å². The number of rotatable bonds is 0. The Morgan fingerprint density at radius 1 is 1.80 bits per heavy atom. The van der Waals surface area contributed by atoms with Gasteiger partial charge in [-0.3, -0.25) is 0 Å². The standard InChI is InChI=1S/C7H10FOP/c1-3-6-4-7(8)10(2,9)5-6/h1,6-7H,4-5H2,2H3. The molecule has 0 spiro atoms. The topological polar surface area (TPSA) is 17.1 Å². The van der Waals surface area contributed by atoms with E-state index in [4.69, 9.17) is 6.42 Å². The van der Waals surface area contributed by atoms with Gasteiger partial charge in [-0.15, -0.1) is 12.3 Å². The zero-order valence-electron chi connectivity index (χ0n) is 5.88. The van der Waals surface area contributed by atoms with E-state index in [0.717, 1.165) is 0 Å². The molecule has 0 aromatic carbocycles. The summed E-state index contributed by atoms with van der Waals surface area (Å²) >= 11 is 0. The normalized spacial score (nSPS) is 46.9. The van der Waals surface area contributed by atoms with Crippen molar-refractivity contribution in [2.45, 2.75) is 12.3 Å². The summed E-state index contributed by atoms with van der Waals surface area (Å²) in [5.41, 5.74) is 0. The first-order valence-electron chi connectivity index (χ1n) is 3.22. The molecule has 0 radical (unpaired) electrons. The van der Waals surface area contributed by atoms with Gasteiger partial charge in [0.05, 0.1) is 0 Å². The predicted octanol–water partition coefficient (Wildman–Crippen LogP) is 1.93. The maximum absolute atomic E-state index is 12.8. The third-order valence-corrected chi connectivity index (χ3v) is 4.45. The van der Waals surface area contributed by atoms with Crippen LogP contribution in [0.2, 0.25) is 0 Å². The summed E-state index contributed by atoms with van der Waals surface area (Å²) in [4.78, 5) is 0. The number of alkyl halides is 1. The van der Waals surface area contributed by atoms with E-state index in [1.165, 1.54) is 6.66 Å². The molecule has 0 aromatic rings. The van der Waals surface area contributed by atoms with E-state index in [1.54, 1.807) is 0 Å². The first-order chi connectivity index (χ1) is 4.56. The lowest BCUT2D eigenvalue weighted by molar-refractivity contribution is 0.405. The van der Waals surface area contributed by atoms with Crippen molar-refractivity contribution in [3.8, 4) is 12.3 Å². The van der Waals surface area contributed by atoms with Crippen molar-refractivity contribution in [2.75, 3.05) is 12.8 Å². The monoisotopic (exact) mass is 160 g/mol. The van der Waals surface area contributed by atoms with Gasteiger partial charge in [0.25, 0.3) is 0 Å². The smallest absolute Gasteiger partial charge is 0.154 e. The highest BCUT2D eigenvalue weighted by Gasteiger charge is 2.39. The summed E-state index contributed by atoms with van der Waals surface area (Å²) in [5, 5.41) is 0. The van der Waals surface area contributed by atoms with Crippen LogP contribution >= 0.6 is 7.14 Å². The zero-order valence-corrected chi connectivity index (χ0v) is 6.77. The van der Waals surface area contributed by atoms with Crippen LogP contribution in [0.5, 0.6) is 0 Å². The third-order valence-electron chi connectivity index (χ3n) is 1.89. The number of halogens is 1. The number of terminal acetylenes is 1. The Labute approximate surface area is 60.4 Å². The summed E-state index contributed by atoms with van der Waals surface area (Å²) in [6.07, 6.45) is 5.77. The van der Waals surface area contributed by atoms with E-state index in [0.29, 0.717) is 12.6 Å². The minimum Gasteiger partial charge on any atom is -0.321 e. The van der Waals surface area contributed by atoms with Crippen LogP contribution in [0, 0.1) is 18.3 Å². The molecule has 1 aliphatic heterocycles. The fourth-order valence-electron chi connectivity index (χ4n) is 1.21. The molecule has 1 fully saturated rings. The first kappa shape index (κ1) is 7.82. The number of hydrogen-bond acceptors (Lipinski definition) is 1. The SMILES string of the molecule is C#CC1CC(F)P(C)(=O)C1. The van der Waals surface area contributed by atoms with Crippen LogP contribution in [0.3, 0.4) is 0 Å². The summed E-state index contributed by atoms with van der Waals surface area (Å²) < 4.78 is 24.0. The van der Waals surface area contributed by atoms with Crippen LogP contribution in [0.4, 0.5) is 4.39 Å². The Morgan fingerprint density at radius 2 is 2.40 bits per heavy atom.